The summed E-state index contributed by atoms with van der Waals surface area (Å²) in [5.41, 5.74) is 0.768. The Morgan fingerprint density at radius 3 is 2.65 bits per heavy atom. The molecule has 5 nitrogen and oxygen atoms in total. The lowest BCUT2D eigenvalue weighted by Crippen LogP contribution is -2.30. The Morgan fingerprint density at radius 1 is 1.19 bits per heavy atom. The van der Waals surface area contributed by atoms with Gasteiger partial charge in [0.15, 0.2) is 6.10 Å². The molecule has 0 amide bonds. The van der Waals surface area contributed by atoms with Crippen LogP contribution in [0.25, 0.3) is 0 Å². The van der Waals surface area contributed by atoms with Gasteiger partial charge >= 0.3 is 5.97 Å². The van der Waals surface area contributed by atoms with Crippen LogP contribution in [0.4, 0.5) is 0 Å². The van der Waals surface area contributed by atoms with Crippen molar-refractivity contribution in [2.75, 3.05) is 20.2 Å². The van der Waals surface area contributed by atoms with Crippen molar-refractivity contribution >= 4 is 17.6 Å². The summed E-state index contributed by atoms with van der Waals surface area (Å²) in [5.74, 6) is 0.236. The molecule has 0 saturated carbocycles. The molecule has 0 spiro atoms. The number of aliphatic hydroxyl groups is 1. The number of ether oxygens (including phenoxy) is 2. The number of benzene rings is 2. The third-order valence-electron chi connectivity index (χ3n) is 3.88. The average molecular weight is 378 g/mol. The predicted molar refractivity (Wildman–Crippen MR) is 101 cm³/mol. The highest BCUT2D eigenvalue weighted by Crippen LogP contribution is 2.17. The van der Waals surface area contributed by atoms with Crippen molar-refractivity contribution in [3.05, 3.63) is 65.2 Å². The summed E-state index contributed by atoms with van der Waals surface area (Å²) >= 11 is 5.93. The number of esters is 1. The molecule has 0 aliphatic rings. The third-order valence-corrected chi connectivity index (χ3v) is 4.11. The summed E-state index contributed by atoms with van der Waals surface area (Å²) in [4.78, 5) is 11.9. The molecule has 0 radical (unpaired) electrons. The van der Waals surface area contributed by atoms with E-state index in [1.807, 2.05) is 30.3 Å². The highest BCUT2D eigenvalue weighted by atomic mass is 35.5. The fourth-order valence-corrected chi connectivity index (χ4v) is 2.70. The highest BCUT2D eigenvalue weighted by molar-refractivity contribution is 6.30. The van der Waals surface area contributed by atoms with E-state index >= 15 is 0 Å². The standard InChI is InChI=1S/C20H24ClNO4/c1-25-20(24)19(26-17-9-3-2-4-10-17)11-6-12-22-14-18(23)15-7-5-8-16(21)13-15/h2-5,7-10,13,18-19,22-23H,6,11-12,14H2,1H3. The zero-order chi connectivity index (χ0) is 18.8. The van der Waals surface area contributed by atoms with Crippen molar-refractivity contribution in [3.63, 3.8) is 0 Å². The van der Waals surface area contributed by atoms with E-state index in [9.17, 15) is 9.90 Å². The van der Waals surface area contributed by atoms with E-state index in [0.29, 0.717) is 36.7 Å². The molecular formula is C20H24ClNO4. The maximum atomic E-state index is 11.9. The van der Waals surface area contributed by atoms with Gasteiger partial charge in [-0.15, -0.1) is 0 Å². The molecule has 2 N–H and O–H groups in total. The Balaban J connectivity index is 1.74. The van der Waals surface area contributed by atoms with Crippen molar-refractivity contribution < 1.29 is 19.4 Å². The van der Waals surface area contributed by atoms with Gasteiger partial charge in [0.2, 0.25) is 0 Å². The predicted octanol–water partition coefficient (Wildman–Crippen LogP) is 3.36. The van der Waals surface area contributed by atoms with Crippen LogP contribution in [0.15, 0.2) is 54.6 Å². The number of aliphatic hydroxyl groups excluding tert-OH is 1. The van der Waals surface area contributed by atoms with Crippen LogP contribution in [0, 0.1) is 0 Å². The van der Waals surface area contributed by atoms with Gasteiger partial charge in [0.05, 0.1) is 13.2 Å². The van der Waals surface area contributed by atoms with Crippen molar-refractivity contribution in [2.24, 2.45) is 0 Å². The quantitative estimate of drug-likeness (QED) is 0.491. The van der Waals surface area contributed by atoms with Crippen LogP contribution < -0.4 is 10.1 Å². The van der Waals surface area contributed by atoms with Crippen LogP contribution in [-0.2, 0) is 9.53 Å². The van der Waals surface area contributed by atoms with E-state index in [1.54, 1.807) is 24.3 Å². The second-order valence-electron chi connectivity index (χ2n) is 5.86. The Morgan fingerprint density at radius 2 is 1.96 bits per heavy atom. The van der Waals surface area contributed by atoms with Crippen molar-refractivity contribution in [1.29, 1.82) is 0 Å². The van der Waals surface area contributed by atoms with Gasteiger partial charge in [-0.2, -0.15) is 0 Å². The minimum absolute atomic E-state index is 0.396. The molecule has 0 heterocycles. The van der Waals surface area contributed by atoms with Crippen LogP contribution in [0.3, 0.4) is 0 Å². The molecule has 6 heteroatoms. The Hall–Kier alpha value is -2.08. The zero-order valence-corrected chi connectivity index (χ0v) is 15.5. The summed E-state index contributed by atoms with van der Waals surface area (Å²) in [6.07, 6.45) is -0.0656. The molecule has 2 rings (SSSR count). The average Bonchev–Trinajstić information content (AvgIpc) is 2.66. The fourth-order valence-electron chi connectivity index (χ4n) is 2.50. The molecule has 0 saturated heterocycles. The van der Waals surface area contributed by atoms with Crippen LogP contribution in [0.2, 0.25) is 5.02 Å². The number of rotatable bonds is 10. The number of hydrogen-bond acceptors (Lipinski definition) is 5. The van der Waals surface area contributed by atoms with Gasteiger partial charge in [-0.25, -0.2) is 4.79 Å². The van der Waals surface area contributed by atoms with Crippen molar-refractivity contribution in [3.8, 4) is 5.75 Å². The summed E-state index contributed by atoms with van der Waals surface area (Å²) in [7, 11) is 1.35. The summed E-state index contributed by atoms with van der Waals surface area (Å²) in [6.45, 7) is 1.05. The SMILES string of the molecule is COC(=O)C(CCCNCC(O)c1cccc(Cl)c1)Oc1ccccc1. The Bertz CT molecular complexity index is 681. The van der Waals surface area contributed by atoms with E-state index in [1.165, 1.54) is 7.11 Å². The van der Waals surface area contributed by atoms with Gasteiger partial charge in [0.25, 0.3) is 0 Å². The van der Waals surface area contributed by atoms with Gasteiger partial charge in [-0.05, 0) is 49.2 Å². The number of methoxy groups -OCH3 is 1. The number of para-hydroxylation sites is 1. The molecule has 2 unspecified atom stereocenters. The number of hydrogen-bond donors (Lipinski definition) is 2. The first-order valence-corrected chi connectivity index (χ1v) is 8.91. The Kier molecular flexibility index (Phi) is 8.41. The molecule has 140 valence electrons. The number of carbonyl (C=O) groups is 1. The lowest BCUT2D eigenvalue weighted by molar-refractivity contribution is -0.149. The number of carbonyl (C=O) groups excluding carboxylic acids is 1. The van der Waals surface area contributed by atoms with E-state index in [2.05, 4.69) is 5.32 Å². The minimum Gasteiger partial charge on any atom is -0.479 e. The van der Waals surface area contributed by atoms with E-state index in [0.717, 1.165) is 5.56 Å². The minimum atomic E-state index is -0.651. The summed E-state index contributed by atoms with van der Waals surface area (Å²) in [6, 6.07) is 16.3. The van der Waals surface area contributed by atoms with Crippen LogP contribution in [0.1, 0.15) is 24.5 Å². The first kappa shape index (κ1) is 20.2. The molecule has 0 aromatic heterocycles. The largest absolute Gasteiger partial charge is 0.479 e. The molecule has 2 atom stereocenters. The molecule has 26 heavy (non-hydrogen) atoms. The number of nitrogens with one attached hydrogen (secondary N) is 1. The van der Waals surface area contributed by atoms with E-state index in [-0.39, 0.29) is 0 Å². The van der Waals surface area contributed by atoms with Crippen LogP contribution in [0.5, 0.6) is 5.75 Å². The Labute approximate surface area is 158 Å². The maximum absolute atomic E-state index is 11.9. The van der Waals surface area contributed by atoms with Crippen LogP contribution >= 0.6 is 11.6 Å². The lowest BCUT2D eigenvalue weighted by atomic mass is 10.1. The maximum Gasteiger partial charge on any atom is 0.347 e. The molecular weight excluding hydrogens is 354 g/mol. The monoisotopic (exact) mass is 377 g/mol. The van der Waals surface area contributed by atoms with Gasteiger partial charge in [0, 0.05) is 11.6 Å². The zero-order valence-electron chi connectivity index (χ0n) is 14.7. The second-order valence-corrected chi connectivity index (χ2v) is 6.30. The number of halogens is 1. The summed E-state index contributed by atoms with van der Waals surface area (Å²) in [5, 5.41) is 13.9. The van der Waals surface area contributed by atoms with Gasteiger partial charge in [-0.1, -0.05) is 41.9 Å². The van der Waals surface area contributed by atoms with Gasteiger partial charge < -0.3 is 19.9 Å². The summed E-state index contributed by atoms with van der Waals surface area (Å²) < 4.78 is 10.5. The van der Waals surface area contributed by atoms with Crippen LogP contribution in [-0.4, -0.2) is 37.4 Å². The lowest BCUT2D eigenvalue weighted by Gasteiger charge is -2.17. The third kappa shape index (κ3) is 6.67. The second kappa shape index (κ2) is 10.8. The topological polar surface area (TPSA) is 67.8 Å². The molecule has 0 bridgehead atoms. The van der Waals surface area contributed by atoms with Gasteiger partial charge in [0.1, 0.15) is 5.75 Å². The molecule has 0 fully saturated rings. The van der Waals surface area contributed by atoms with Crippen molar-refractivity contribution in [2.45, 2.75) is 25.0 Å². The fraction of sp³-hybridized carbons (Fsp3) is 0.350. The molecule has 2 aromatic carbocycles. The smallest absolute Gasteiger partial charge is 0.347 e. The van der Waals surface area contributed by atoms with E-state index < -0.39 is 18.2 Å². The van der Waals surface area contributed by atoms with E-state index in [4.69, 9.17) is 21.1 Å². The van der Waals surface area contributed by atoms with Gasteiger partial charge in [-0.3, -0.25) is 0 Å². The normalized spacial score (nSPS) is 13.0. The molecule has 0 aliphatic carbocycles. The molecule has 0 aliphatic heterocycles. The first-order valence-electron chi connectivity index (χ1n) is 8.54. The first-order chi connectivity index (χ1) is 12.6. The molecule has 2 aromatic rings. The van der Waals surface area contributed by atoms with Crippen molar-refractivity contribution in [1.82, 2.24) is 5.32 Å². The highest BCUT2D eigenvalue weighted by Gasteiger charge is 2.20.